The van der Waals surface area contributed by atoms with Crippen LogP contribution in [0.5, 0.6) is 0 Å². The largest absolute Gasteiger partial charge is 0.376 e. The summed E-state index contributed by atoms with van der Waals surface area (Å²) >= 11 is 0. The van der Waals surface area contributed by atoms with E-state index in [-0.39, 0.29) is 11.9 Å². The molecule has 4 rings (SSSR count). The lowest BCUT2D eigenvalue weighted by Crippen LogP contribution is -2.37. The predicted molar refractivity (Wildman–Crippen MR) is 89.0 cm³/mol. The van der Waals surface area contributed by atoms with Crippen molar-refractivity contribution in [2.75, 3.05) is 19.7 Å². The molecule has 2 N–H and O–H groups in total. The van der Waals surface area contributed by atoms with Gasteiger partial charge < -0.3 is 9.64 Å². The van der Waals surface area contributed by atoms with Crippen molar-refractivity contribution in [3.63, 3.8) is 0 Å². The third-order valence-electron chi connectivity index (χ3n) is 4.86. The normalized spacial score (nSPS) is 22.8. The van der Waals surface area contributed by atoms with Crippen LogP contribution in [-0.4, -0.2) is 40.7 Å². The van der Waals surface area contributed by atoms with Crippen molar-refractivity contribution in [3.8, 4) is 0 Å². The van der Waals surface area contributed by atoms with E-state index in [1.165, 1.54) is 5.56 Å². The highest BCUT2D eigenvalue weighted by atomic mass is 16.5. The maximum Gasteiger partial charge on any atom is 0.244 e. The van der Waals surface area contributed by atoms with Gasteiger partial charge in [0.05, 0.1) is 25.1 Å². The molecule has 1 fully saturated rings. The molecule has 2 aliphatic rings. The first-order valence-corrected chi connectivity index (χ1v) is 8.47. The zero-order valence-corrected chi connectivity index (χ0v) is 13.6. The Morgan fingerprint density at radius 2 is 2.21 bits per heavy atom. The number of hydrogen-bond donors (Lipinski definition) is 2. The number of aromatic amines is 1. The molecule has 1 aromatic carbocycles. The Bertz CT molecular complexity index is 700. The Balaban J connectivity index is 1.27. The summed E-state index contributed by atoms with van der Waals surface area (Å²) in [5.41, 5.74) is 3.20. The number of aromatic nitrogens is 2. The second kappa shape index (κ2) is 6.75. The summed E-state index contributed by atoms with van der Waals surface area (Å²) in [6.45, 7) is 3.60. The van der Waals surface area contributed by atoms with Gasteiger partial charge in [0.1, 0.15) is 6.04 Å². The Labute approximate surface area is 141 Å². The van der Waals surface area contributed by atoms with E-state index in [9.17, 15) is 4.79 Å². The molecule has 2 unspecified atom stereocenters. The molecule has 1 aromatic heterocycles. The molecule has 1 saturated heterocycles. The monoisotopic (exact) mass is 326 g/mol. The van der Waals surface area contributed by atoms with E-state index in [1.54, 1.807) is 6.20 Å². The summed E-state index contributed by atoms with van der Waals surface area (Å²) in [4.78, 5) is 14.7. The predicted octanol–water partition coefficient (Wildman–Crippen LogP) is 1.62. The first-order chi connectivity index (χ1) is 11.8. The SMILES string of the molecule is O=C(C1NCc2[nH]ncc21)N1CCC(COCc2ccccc2)C1. The van der Waals surface area contributed by atoms with Gasteiger partial charge in [0.2, 0.25) is 5.91 Å². The van der Waals surface area contributed by atoms with Gasteiger partial charge in [-0.05, 0) is 12.0 Å². The van der Waals surface area contributed by atoms with Crippen LogP contribution < -0.4 is 5.32 Å². The van der Waals surface area contributed by atoms with Crippen molar-refractivity contribution >= 4 is 5.91 Å². The van der Waals surface area contributed by atoms with Gasteiger partial charge in [-0.3, -0.25) is 15.2 Å². The lowest BCUT2D eigenvalue weighted by atomic mass is 10.1. The minimum Gasteiger partial charge on any atom is -0.376 e. The van der Waals surface area contributed by atoms with Gasteiger partial charge >= 0.3 is 0 Å². The van der Waals surface area contributed by atoms with Crippen molar-refractivity contribution in [1.29, 1.82) is 0 Å². The van der Waals surface area contributed by atoms with Crippen molar-refractivity contribution in [1.82, 2.24) is 20.4 Å². The van der Waals surface area contributed by atoms with Crippen LogP contribution in [-0.2, 0) is 22.7 Å². The number of ether oxygens (including phenoxy) is 1. The van der Waals surface area contributed by atoms with E-state index >= 15 is 0 Å². The molecule has 6 heteroatoms. The number of H-pyrrole nitrogens is 1. The van der Waals surface area contributed by atoms with Gasteiger partial charge in [-0.25, -0.2) is 0 Å². The fraction of sp³-hybridized carbons (Fsp3) is 0.444. The number of carbonyl (C=O) groups is 1. The Kier molecular flexibility index (Phi) is 4.32. The maximum absolute atomic E-state index is 12.7. The van der Waals surface area contributed by atoms with Crippen molar-refractivity contribution in [2.45, 2.75) is 25.6 Å². The van der Waals surface area contributed by atoms with Crippen molar-refractivity contribution in [3.05, 3.63) is 53.3 Å². The Hall–Kier alpha value is -2.18. The molecule has 2 aromatic rings. The summed E-state index contributed by atoms with van der Waals surface area (Å²) in [5, 5.41) is 10.2. The van der Waals surface area contributed by atoms with E-state index in [0.717, 1.165) is 30.8 Å². The highest BCUT2D eigenvalue weighted by Crippen LogP contribution is 2.27. The maximum atomic E-state index is 12.7. The Morgan fingerprint density at radius 3 is 3.08 bits per heavy atom. The van der Waals surface area contributed by atoms with Gasteiger partial charge in [0, 0.05) is 31.1 Å². The average molecular weight is 326 g/mol. The van der Waals surface area contributed by atoms with E-state index in [0.29, 0.717) is 25.7 Å². The minimum absolute atomic E-state index is 0.153. The number of nitrogens with zero attached hydrogens (tertiary/aromatic N) is 2. The fourth-order valence-electron chi connectivity index (χ4n) is 3.52. The van der Waals surface area contributed by atoms with Crippen molar-refractivity contribution in [2.24, 2.45) is 5.92 Å². The molecule has 2 atom stereocenters. The summed E-state index contributed by atoms with van der Waals surface area (Å²) in [5.74, 6) is 0.573. The average Bonchev–Trinajstić information content (AvgIpc) is 3.32. The lowest BCUT2D eigenvalue weighted by Gasteiger charge is -2.21. The van der Waals surface area contributed by atoms with E-state index in [4.69, 9.17) is 4.74 Å². The number of likely N-dealkylation sites (tertiary alicyclic amines) is 1. The number of nitrogens with one attached hydrogen (secondary N) is 2. The number of hydrogen-bond acceptors (Lipinski definition) is 4. The van der Waals surface area contributed by atoms with Gasteiger partial charge in [-0.15, -0.1) is 0 Å². The van der Waals surface area contributed by atoms with Gasteiger partial charge in [0.15, 0.2) is 0 Å². The summed E-state index contributed by atoms with van der Waals surface area (Å²) < 4.78 is 5.83. The molecule has 0 saturated carbocycles. The third-order valence-corrected chi connectivity index (χ3v) is 4.86. The fourth-order valence-corrected chi connectivity index (χ4v) is 3.52. The number of fused-ring (bicyclic) bond motifs is 1. The van der Waals surface area contributed by atoms with Crippen LogP contribution in [0.4, 0.5) is 0 Å². The number of carbonyl (C=O) groups excluding carboxylic acids is 1. The zero-order valence-electron chi connectivity index (χ0n) is 13.6. The third kappa shape index (κ3) is 3.07. The lowest BCUT2D eigenvalue weighted by molar-refractivity contribution is -0.132. The van der Waals surface area contributed by atoms with Crippen LogP contribution in [0.3, 0.4) is 0 Å². The molecule has 3 heterocycles. The summed E-state index contributed by atoms with van der Waals surface area (Å²) in [7, 11) is 0. The molecule has 0 spiro atoms. The van der Waals surface area contributed by atoms with Crippen LogP contribution >= 0.6 is 0 Å². The molecule has 0 radical (unpaired) electrons. The number of benzene rings is 1. The molecular weight excluding hydrogens is 304 g/mol. The van der Waals surface area contributed by atoms with E-state index in [1.807, 2.05) is 23.1 Å². The molecule has 24 heavy (non-hydrogen) atoms. The standard InChI is InChI=1S/C18H22N4O2/c23-18(17-15-8-20-21-16(15)9-19-17)22-7-6-14(10-22)12-24-11-13-4-2-1-3-5-13/h1-5,8,14,17,19H,6-7,9-12H2,(H,20,21). The van der Waals surface area contributed by atoms with Gasteiger partial charge in [-0.2, -0.15) is 5.10 Å². The van der Waals surface area contributed by atoms with Crippen LogP contribution in [0.2, 0.25) is 0 Å². The first kappa shape index (κ1) is 15.4. The quantitative estimate of drug-likeness (QED) is 0.876. The highest BCUT2D eigenvalue weighted by Gasteiger charge is 2.35. The van der Waals surface area contributed by atoms with E-state index < -0.39 is 0 Å². The molecule has 6 nitrogen and oxygen atoms in total. The zero-order chi connectivity index (χ0) is 16.4. The number of amides is 1. The van der Waals surface area contributed by atoms with Crippen molar-refractivity contribution < 1.29 is 9.53 Å². The summed E-state index contributed by atoms with van der Waals surface area (Å²) in [6.07, 6.45) is 2.76. The smallest absolute Gasteiger partial charge is 0.244 e. The second-order valence-electron chi connectivity index (χ2n) is 6.56. The molecule has 1 amide bonds. The molecule has 2 aliphatic heterocycles. The molecule has 0 bridgehead atoms. The van der Waals surface area contributed by atoms with Crippen LogP contribution in [0.15, 0.2) is 36.5 Å². The molecular formula is C18H22N4O2. The minimum atomic E-state index is -0.247. The highest BCUT2D eigenvalue weighted by molar-refractivity contribution is 5.84. The van der Waals surface area contributed by atoms with Crippen LogP contribution in [0, 0.1) is 5.92 Å². The van der Waals surface area contributed by atoms with Crippen LogP contribution in [0.1, 0.15) is 29.3 Å². The van der Waals surface area contributed by atoms with Crippen LogP contribution in [0.25, 0.3) is 0 Å². The molecule has 126 valence electrons. The first-order valence-electron chi connectivity index (χ1n) is 8.47. The topological polar surface area (TPSA) is 70.2 Å². The summed E-state index contributed by atoms with van der Waals surface area (Å²) in [6, 6.07) is 9.94. The Morgan fingerprint density at radius 1 is 1.33 bits per heavy atom. The van der Waals surface area contributed by atoms with E-state index in [2.05, 4.69) is 27.6 Å². The molecule has 0 aliphatic carbocycles. The number of rotatable bonds is 5. The van der Waals surface area contributed by atoms with Gasteiger partial charge in [-0.1, -0.05) is 30.3 Å². The second-order valence-corrected chi connectivity index (χ2v) is 6.56. The van der Waals surface area contributed by atoms with Gasteiger partial charge in [0.25, 0.3) is 0 Å².